The Kier molecular flexibility index (Phi) is 5.55. The van der Waals surface area contributed by atoms with Gasteiger partial charge in [-0.15, -0.1) is 0 Å². The topological polar surface area (TPSA) is 55.8 Å². The summed E-state index contributed by atoms with van der Waals surface area (Å²) < 4.78 is 12.6. The van der Waals surface area contributed by atoms with Gasteiger partial charge in [0, 0.05) is 17.6 Å². The normalized spacial score (nSPS) is 26.6. The van der Waals surface area contributed by atoms with Crippen molar-refractivity contribution in [2.24, 2.45) is 5.41 Å². The van der Waals surface area contributed by atoms with E-state index < -0.39 is 29.6 Å². The van der Waals surface area contributed by atoms with Crippen LogP contribution in [0.5, 0.6) is 0 Å². The zero-order chi connectivity index (χ0) is 22.7. The van der Waals surface area contributed by atoms with Crippen LogP contribution in [0.4, 0.5) is 0 Å². The fraction of sp³-hybridized carbons (Fsp3) is 0.478. The van der Waals surface area contributed by atoms with E-state index in [1.54, 1.807) is 0 Å². The summed E-state index contributed by atoms with van der Waals surface area (Å²) in [6, 6.07) is 9.75. The number of hydrogen-bond donors (Lipinski definition) is 0. The first-order valence-corrected chi connectivity index (χ1v) is 12.7. The molecule has 1 unspecified atom stereocenters. The third-order valence-corrected chi connectivity index (χ3v) is 11.2. The van der Waals surface area contributed by atoms with Gasteiger partial charge in [0.1, 0.15) is 11.1 Å². The lowest BCUT2D eigenvalue weighted by Crippen LogP contribution is -2.49. The number of rotatable bonds is 3. The highest BCUT2D eigenvalue weighted by Gasteiger charge is 2.74. The van der Waals surface area contributed by atoms with Gasteiger partial charge >= 0.3 is 11.9 Å². The summed E-state index contributed by atoms with van der Waals surface area (Å²) in [4.78, 5) is 26.4. The van der Waals surface area contributed by atoms with Crippen molar-refractivity contribution in [1.82, 2.24) is 4.67 Å². The molecule has 0 N–H and O–H groups in total. The van der Waals surface area contributed by atoms with Crippen LogP contribution in [0.2, 0.25) is 0 Å². The third-order valence-electron chi connectivity index (χ3n) is 5.59. The molecule has 0 saturated carbocycles. The van der Waals surface area contributed by atoms with Gasteiger partial charge in [0.25, 0.3) is 0 Å². The van der Waals surface area contributed by atoms with Crippen LogP contribution in [0, 0.1) is 5.41 Å². The largest absolute Gasteiger partial charge is 0.526 e. The average molecular weight is 448 g/mol. The standard InChI is InChI=1S/C23H30NO4PS/c1-21(2,3)16-14-23(15-12-10-9-11-13-15)17(19(25)27-7)18(20(26)28-8)29(16,30)24(23)22(4,5)6/h9-14H,1-8H3/t23-,29?/m1/s1. The Morgan fingerprint density at radius 1 is 0.967 bits per heavy atom. The number of ether oxygens (including phenoxy) is 2. The molecule has 2 aliphatic rings. The summed E-state index contributed by atoms with van der Waals surface area (Å²) in [7, 11) is 2.66. The molecular weight excluding hydrogens is 417 g/mol. The maximum atomic E-state index is 13.2. The van der Waals surface area contributed by atoms with E-state index in [-0.39, 0.29) is 16.3 Å². The van der Waals surface area contributed by atoms with Gasteiger partial charge in [-0.3, -0.25) is 0 Å². The molecule has 0 saturated heterocycles. The third kappa shape index (κ3) is 2.99. The van der Waals surface area contributed by atoms with E-state index in [4.69, 9.17) is 21.7 Å². The van der Waals surface area contributed by atoms with E-state index in [2.05, 4.69) is 52.3 Å². The maximum Gasteiger partial charge on any atom is 0.374 e. The first-order valence-electron chi connectivity index (χ1n) is 9.90. The van der Waals surface area contributed by atoms with Gasteiger partial charge in [0.2, 0.25) is 0 Å². The fourth-order valence-electron chi connectivity index (χ4n) is 4.75. The molecule has 0 amide bonds. The zero-order valence-electron chi connectivity index (χ0n) is 18.9. The Balaban J connectivity index is 2.56. The Morgan fingerprint density at radius 2 is 1.50 bits per heavy atom. The Hall–Kier alpha value is -1.62. The molecule has 3 rings (SSSR count). The molecule has 5 nitrogen and oxygen atoms in total. The lowest BCUT2D eigenvalue weighted by Gasteiger charge is -2.48. The molecule has 0 radical (unpaired) electrons. The highest BCUT2D eigenvalue weighted by molar-refractivity contribution is 8.45. The number of nitrogens with zero attached hydrogens (tertiary/aromatic N) is 1. The molecule has 30 heavy (non-hydrogen) atoms. The molecule has 2 aliphatic heterocycles. The van der Waals surface area contributed by atoms with Crippen molar-refractivity contribution in [3.8, 4) is 0 Å². The average Bonchev–Trinajstić information content (AvgIpc) is 3.09. The Labute approximate surface area is 185 Å². The number of allylic oxidation sites excluding steroid dienone is 1. The van der Waals surface area contributed by atoms with E-state index in [9.17, 15) is 9.59 Å². The predicted molar refractivity (Wildman–Crippen MR) is 123 cm³/mol. The molecule has 0 spiro atoms. The molecule has 7 heteroatoms. The quantitative estimate of drug-likeness (QED) is 0.372. The lowest BCUT2D eigenvalue weighted by molar-refractivity contribution is -0.139. The smallest absolute Gasteiger partial charge is 0.374 e. The van der Waals surface area contributed by atoms with Crippen molar-refractivity contribution in [1.29, 1.82) is 0 Å². The van der Waals surface area contributed by atoms with Crippen LogP contribution >= 0.6 is 6.62 Å². The highest BCUT2D eigenvalue weighted by Crippen LogP contribution is 2.89. The van der Waals surface area contributed by atoms with Crippen LogP contribution in [0.15, 0.2) is 52.6 Å². The summed E-state index contributed by atoms with van der Waals surface area (Å²) in [6.07, 6.45) is 2.12. The van der Waals surface area contributed by atoms with Crippen LogP contribution in [0.25, 0.3) is 0 Å². The second-order valence-electron chi connectivity index (χ2n) is 9.68. The molecule has 2 heterocycles. The molecule has 0 fully saturated rings. The van der Waals surface area contributed by atoms with E-state index in [0.29, 0.717) is 0 Å². The van der Waals surface area contributed by atoms with Crippen LogP contribution < -0.4 is 0 Å². The van der Waals surface area contributed by atoms with Crippen molar-refractivity contribution in [2.45, 2.75) is 52.6 Å². The number of benzene rings is 1. The van der Waals surface area contributed by atoms with Gasteiger partial charge in [-0.2, -0.15) is 4.67 Å². The van der Waals surface area contributed by atoms with E-state index in [0.717, 1.165) is 10.9 Å². The number of carbonyl (C=O) groups is 2. The van der Waals surface area contributed by atoms with E-state index in [1.807, 2.05) is 30.3 Å². The van der Waals surface area contributed by atoms with Crippen molar-refractivity contribution >= 4 is 30.8 Å². The molecule has 1 aromatic carbocycles. The molecule has 1 aromatic rings. The van der Waals surface area contributed by atoms with Gasteiger partial charge in [-0.1, -0.05) is 51.1 Å². The molecule has 162 valence electrons. The van der Waals surface area contributed by atoms with Gasteiger partial charge in [0.05, 0.1) is 19.5 Å². The minimum atomic E-state index is -2.85. The van der Waals surface area contributed by atoms with Crippen molar-refractivity contribution in [3.05, 3.63) is 58.2 Å². The van der Waals surface area contributed by atoms with Gasteiger partial charge in [-0.05, 0) is 32.4 Å². The minimum Gasteiger partial charge on any atom is -0.526 e. The molecule has 2 bridgehead atoms. The summed E-state index contributed by atoms with van der Waals surface area (Å²) in [5.74, 6) is -1.11. The summed E-state index contributed by atoms with van der Waals surface area (Å²) in [6.45, 7) is 9.66. The molecular formula is C23H30NO4PS. The lowest BCUT2D eigenvalue weighted by atomic mass is 9.77. The van der Waals surface area contributed by atoms with Crippen molar-refractivity contribution in [2.75, 3.05) is 14.2 Å². The van der Waals surface area contributed by atoms with Gasteiger partial charge in [0.15, 0.2) is 5.31 Å². The monoisotopic (exact) mass is 447 g/mol. The summed E-state index contributed by atoms with van der Waals surface area (Å²) in [5, 5.41) is 1.30. The number of hydrogen-bond acceptors (Lipinski definition) is 6. The zero-order valence-corrected chi connectivity index (χ0v) is 20.6. The SMILES string of the molecule is COC(=O)C1=C(C(=O)OC)[P+]2([S-])C(C(C)(C)C)=C[C@]1(c1ccccc1)N2C(C)(C)C. The maximum absolute atomic E-state index is 13.2. The number of esters is 2. The number of carbonyl (C=O) groups excluding carboxylic acids is 2. The van der Waals surface area contributed by atoms with E-state index in [1.165, 1.54) is 14.2 Å². The van der Waals surface area contributed by atoms with Gasteiger partial charge in [-0.25, -0.2) is 9.59 Å². The second kappa shape index (κ2) is 7.22. The Bertz CT molecular complexity index is 958. The first kappa shape index (κ1) is 23.1. The van der Waals surface area contributed by atoms with E-state index >= 15 is 0 Å². The molecule has 0 aliphatic carbocycles. The van der Waals surface area contributed by atoms with Crippen LogP contribution in [0.1, 0.15) is 47.1 Å². The van der Waals surface area contributed by atoms with Crippen LogP contribution in [-0.4, -0.2) is 36.4 Å². The summed E-state index contributed by atoms with van der Waals surface area (Å²) >= 11 is 6.43. The Morgan fingerprint density at radius 3 is 1.93 bits per heavy atom. The van der Waals surface area contributed by atoms with Crippen molar-refractivity contribution < 1.29 is 19.1 Å². The number of methoxy groups -OCH3 is 2. The van der Waals surface area contributed by atoms with Crippen molar-refractivity contribution in [3.63, 3.8) is 0 Å². The van der Waals surface area contributed by atoms with Crippen LogP contribution in [0.3, 0.4) is 0 Å². The highest BCUT2D eigenvalue weighted by atomic mass is 32.7. The first-order chi connectivity index (χ1) is 13.8. The molecule has 0 aromatic heterocycles. The fourth-order valence-corrected chi connectivity index (χ4v) is 11.7. The second-order valence-corrected chi connectivity index (χ2v) is 13.7. The number of fused-ring (bicyclic) bond motifs is 2. The van der Waals surface area contributed by atoms with Crippen LogP contribution in [-0.2, 0) is 36.9 Å². The molecule has 2 atom stereocenters. The minimum absolute atomic E-state index is 0.286. The van der Waals surface area contributed by atoms with Gasteiger partial charge < -0.3 is 21.7 Å². The predicted octanol–water partition coefficient (Wildman–Crippen LogP) is 4.93. The summed E-state index contributed by atoms with van der Waals surface area (Å²) in [5.41, 5.74) is -0.559.